The molecule has 0 spiro atoms. The van der Waals surface area contributed by atoms with E-state index in [0.29, 0.717) is 30.4 Å². The minimum absolute atomic E-state index is 0.130. The van der Waals surface area contributed by atoms with E-state index in [1.807, 2.05) is 43.0 Å². The van der Waals surface area contributed by atoms with Gasteiger partial charge in [-0.1, -0.05) is 42.7 Å². The van der Waals surface area contributed by atoms with Gasteiger partial charge in [0.1, 0.15) is 0 Å². The highest BCUT2D eigenvalue weighted by Gasteiger charge is 2.23. The molecule has 168 valence electrons. The van der Waals surface area contributed by atoms with E-state index >= 15 is 0 Å². The Hall–Kier alpha value is -2.61. The molecule has 1 aromatic carbocycles. The van der Waals surface area contributed by atoms with E-state index in [-0.39, 0.29) is 11.8 Å². The number of rotatable bonds is 7. The average molecular weight is 447 g/mol. The molecule has 0 unspecified atom stereocenters. The molecule has 1 aliphatic rings. The summed E-state index contributed by atoms with van der Waals surface area (Å²) >= 11 is 6.02. The van der Waals surface area contributed by atoms with Crippen molar-refractivity contribution in [1.82, 2.24) is 25.3 Å². The molecule has 1 aliphatic heterocycles. The van der Waals surface area contributed by atoms with Gasteiger partial charge in [-0.2, -0.15) is 4.98 Å². The minimum Gasteiger partial charge on any atom is -0.356 e. The number of aliphatic imine (C=N–C) groups is 1. The molecule has 8 nitrogen and oxygen atoms in total. The number of guanidine groups is 1. The van der Waals surface area contributed by atoms with Crippen LogP contribution >= 0.6 is 11.6 Å². The molecule has 1 N–H and O–H groups in total. The monoisotopic (exact) mass is 446 g/mol. The standard InChI is InChI=1S/C22H31ClN6O2/c1-16(2)21-26-19(31-27-21)8-5-9-25-22(24-3)29-12-10-28(11-13-29)20(30)15-17-6-4-7-18(23)14-17/h4,6-7,14,16H,5,8-13,15H2,1-3H3,(H,24,25). The smallest absolute Gasteiger partial charge is 0.227 e. The van der Waals surface area contributed by atoms with Gasteiger partial charge in [-0.05, 0) is 24.1 Å². The van der Waals surface area contributed by atoms with Crippen LogP contribution in [0, 0.1) is 0 Å². The Balaban J connectivity index is 1.39. The zero-order valence-corrected chi connectivity index (χ0v) is 19.2. The van der Waals surface area contributed by atoms with E-state index in [2.05, 4.69) is 25.3 Å². The average Bonchev–Trinajstić information content (AvgIpc) is 3.23. The third-order valence-corrected chi connectivity index (χ3v) is 5.47. The summed E-state index contributed by atoms with van der Waals surface area (Å²) in [5.74, 6) is 2.68. The predicted octanol–water partition coefficient (Wildman–Crippen LogP) is 2.74. The summed E-state index contributed by atoms with van der Waals surface area (Å²) in [6, 6.07) is 7.47. The molecule has 31 heavy (non-hydrogen) atoms. The van der Waals surface area contributed by atoms with Crippen LogP contribution in [-0.4, -0.2) is 71.6 Å². The minimum atomic E-state index is 0.130. The fraction of sp³-hybridized carbons (Fsp3) is 0.545. The van der Waals surface area contributed by atoms with E-state index in [1.165, 1.54) is 0 Å². The normalized spacial score (nSPS) is 14.9. The first-order chi connectivity index (χ1) is 15.0. The molecule has 9 heteroatoms. The summed E-state index contributed by atoms with van der Waals surface area (Å²) in [6.45, 7) is 7.72. The van der Waals surface area contributed by atoms with Gasteiger partial charge in [0, 0.05) is 57.1 Å². The zero-order chi connectivity index (χ0) is 22.2. The maximum Gasteiger partial charge on any atom is 0.227 e. The topological polar surface area (TPSA) is 86.9 Å². The molecule has 1 saturated heterocycles. The highest BCUT2D eigenvalue weighted by Crippen LogP contribution is 2.13. The van der Waals surface area contributed by atoms with Crippen LogP contribution in [0.4, 0.5) is 0 Å². The Morgan fingerprint density at radius 2 is 2.00 bits per heavy atom. The molecule has 1 fully saturated rings. The van der Waals surface area contributed by atoms with Crippen LogP contribution in [0.2, 0.25) is 5.02 Å². The van der Waals surface area contributed by atoms with Gasteiger partial charge in [0.2, 0.25) is 11.8 Å². The van der Waals surface area contributed by atoms with Crippen LogP contribution in [-0.2, 0) is 17.6 Å². The second-order valence-electron chi connectivity index (χ2n) is 7.95. The van der Waals surface area contributed by atoms with Gasteiger partial charge in [-0.15, -0.1) is 0 Å². The van der Waals surface area contributed by atoms with Gasteiger partial charge in [0.25, 0.3) is 0 Å². The van der Waals surface area contributed by atoms with E-state index in [4.69, 9.17) is 16.1 Å². The fourth-order valence-corrected chi connectivity index (χ4v) is 3.69. The first kappa shape index (κ1) is 23.1. The van der Waals surface area contributed by atoms with Crippen molar-refractivity contribution in [2.24, 2.45) is 4.99 Å². The number of benzene rings is 1. The number of carbonyl (C=O) groups excluding carboxylic acids is 1. The van der Waals surface area contributed by atoms with Crippen molar-refractivity contribution in [2.75, 3.05) is 39.8 Å². The van der Waals surface area contributed by atoms with Crippen LogP contribution in [0.1, 0.15) is 43.5 Å². The summed E-state index contributed by atoms with van der Waals surface area (Å²) in [7, 11) is 1.78. The number of amides is 1. The van der Waals surface area contributed by atoms with Crippen LogP contribution in [0.3, 0.4) is 0 Å². The Morgan fingerprint density at radius 3 is 2.65 bits per heavy atom. The number of nitrogens with one attached hydrogen (secondary N) is 1. The van der Waals surface area contributed by atoms with E-state index in [9.17, 15) is 4.79 Å². The van der Waals surface area contributed by atoms with Crippen LogP contribution < -0.4 is 5.32 Å². The molecule has 1 aromatic heterocycles. The van der Waals surface area contributed by atoms with Gasteiger partial charge in [-0.25, -0.2) is 0 Å². The highest BCUT2D eigenvalue weighted by atomic mass is 35.5. The third kappa shape index (κ3) is 6.69. The van der Waals surface area contributed by atoms with E-state index in [0.717, 1.165) is 49.8 Å². The van der Waals surface area contributed by atoms with E-state index in [1.54, 1.807) is 7.05 Å². The van der Waals surface area contributed by atoms with Crippen molar-refractivity contribution in [2.45, 2.75) is 39.0 Å². The van der Waals surface area contributed by atoms with Crippen molar-refractivity contribution >= 4 is 23.5 Å². The Kier molecular flexibility index (Phi) is 8.28. The van der Waals surface area contributed by atoms with Crippen molar-refractivity contribution in [3.63, 3.8) is 0 Å². The predicted molar refractivity (Wildman–Crippen MR) is 121 cm³/mol. The lowest BCUT2D eigenvalue weighted by Gasteiger charge is -2.36. The van der Waals surface area contributed by atoms with Gasteiger partial charge < -0.3 is 19.6 Å². The number of piperazine rings is 1. The number of hydrogen-bond acceptors (Lipinski definition) is 5. The molecule has 2 aromatic rings. The van der Waals surface area contributed by atoms with Crippen molar-refractivity contribution < 1.29 is 9.32 Å². The first-order valence-electron chi connectivity index (χ1n) is 10.8. The summed E-state index contributed by atoms with van der Waals surface area (Å²) in [6.07, 6.45) is 1.98. The van der Waals surface area contributed by atoms with Crippen LogP contribution in [0.15, 0.2) is 33.8 Å². The summed E-state index contributed by atoms with van der Waals surface area (Å²) in [5, 5.41) is 8.05. The molecular weight excluding hydrogens is 416 g/mol. The Labute approximate surface area is 188 Å². The fourth-order valence-electron chi connectivity index (χ4n) is 3.48. The maximum absolute atomic E-state index is 12.6. The molecule has 2 heterocycles. The van der Waals surface area contributed by atoms with E-state index < -0.39 is 0 Å². The lowest BCUT2D eigenvalue weighted by atomic mass is 10.1. The van der Waals surface area contributed by atoms with Crippen molar-refractivity contribution in [3.8, 4) is 0 Å². The van der Waals surface area contributed by atoms with Gasteiger partial charge in [-0.3, -0.25) is 9.79 Å². The molecule has 3 rings (SSSR count). The summed E-state index contributed by atoms with van der Waals surface area (Å²) in [4.78, 5) is 25.5. The largest absolute Gasteiger partial charge is 0.356 e. The van der Waals surface area contributed by atoms with Crippen molar-refractivity contribution in [3.05, 3.63) is 46.6 Å². The van der Waals surface area contributed by atoms with Gasteiger partial charge in [0.05, 0.1) is 6.42 Å². The zero-order valence-electron chi connectivity index (χ0n) is 18.5. The van der Waals surface area contributed by atoms with Gasteiger partial charge in [0.15, 0.2) is 11.8 Å². The first-order valence-corrected chi connectivity index (χ1v) is 11.1. The van der Waals surface area contributed by atoms with Crippen molar-refractivity contribution in [1.29, 1.82) is 0 Å². The number of nitrogens with zero attached hydrogens (tertiary/aromatic N) is 5. The number of aryl methyl sites for hydroxylation is 1. The summed E-state index contributed by atoms with van der Waals surface area (Å²) < 4.78 is 5.28. The molecule has 0 aliphatic carbocycles. The third-order valence-electron chi connectivity index (χ3n) is 5.24. The maximum atomic E-state index is 12.6. The lowest BCUT2D eigenvalue weighted by molar-refractivity contribution is -0.131. The molecular formula is C22H31ClN6O2. The number of halogens is 1. The molecule has 0 atom stereocenters. The van der Waals surface area contributed by atoms with Crippen LogP contribution in [0.5, 0.6) is 0 Å². The number of hydrogen-bond donors (Lipinski definition) is 1. The second-order valence-corrected chi connectivity index (χ2v) is 8.39. The SMILES string of the molecule is CN=C(NCCCc1nc(C(C)C)no1)N1CCN(C(=O)Cc2cccc(Cl)c2)CC1. The quantitative estimate of drug-likeness (QED) is 0.400. The second kappa shape index (κ2) is 11.1. The van der Waals surface area contributed by atoms with Crippen LogP contribution in [0.25, 0.3) is 0 Å². The Morgan fingerprint density at radius 1 is 1.26 bits per heavy atom. The molecule has 0 saturated carbocycles. The lowest BCUT2D eigenvalue weighted by Crippen LogP contribution is -2.54. The highest BCUT2D eigenvalue weighted by molar-refractivity contribution is 6.30. The molecule has 0 radical (unpaired) electrons. The molecule has 0 bridgehead atoms. The molecule has 1 amide bonds. The Bertz CT molecular complexity index is 890. The number of carbonyl (C=O) groups is 1. The number of aromatic nitrogens is 2. The van der Waals surface area contributed by atoms with Gasteiger partial charge >= 0.3 is 0 Å². The summed E-state index contributed by atoms with van der Waals surface area (Å²) in [5.41, 5.74) is 0.944.